The van der Waals surface area contributed by atoms with Gasteiger partial charge in [-0.25, -0.2) is 8.78 Å². The Labute approximate surface area is 80.0 Å². The highest BCUT2D eigenvalue weighted by Gasteiger charge is 2.03. The minimum atomic E-state index is -0.848. The molecule has 1 aromatic heterocycles. The number of aromatic nitrogens is 1. The fourth-order valence-corrected chi connectivity index (χ4v) is 1.17. The van der Waals surface area contributed by atoms with Crippen LogP contribution < -0.4 is 0 Å². The molecule has 0 aliphatic rings. The summed E-state index contributed by atoms with van der Waals surface area (Å²) < 4.78 is 25.5. The molecule has 0 bridgehead atoms. The molecule has 0 saturated carbocycles. The standard InChI is InChI=1S/C11H6F2N/c12-10-2-1-9(7-11(10)13)8-3-5-14-6-4-8/h1-5,7H. The second kappa shape index (κ2) is 3.54. The summed E-state index contributed by atoms with van der Waals surface area (Å²) in [5.74, 6) is -1.69. The van der Waals surface area contributed by atoms with Gasteiger partial charge in [-0.3, -0.25) is 4.98 Å². The van der Waals surface area contributed by atoms with Crippen molar-refractivity contribution < 1.29 is 8.78 Å². The van der Waals surface area contributed by atoms with Gasteiger partial charge in [-0.1, -0.05) is 6.07 Å². The van der Waals surface area contributed by atoms with Crippen molar-refractivity contribution in [2.45, 2.75) is 0 Å². The Kier molecular flexibility index (Phi) is 2.23. The molecule has 0 aliphatic carbocycles. The number of rotatable bonds is 1. The lowest BCUT2D eigenvalue weighted by Crippen LogP contribution is -1.85. The fraction of sp³-hybridized carbons (Fsp3) is 0. The van der Waals surface area contributed by atoms with Crippen molar-refractivity contribution >= 4 is 0 Å². The monoisotopic (exact) mass is 190 g/mol. The van der Waals surface area contributed by atoms with Gasteiger partial charge >= 0.3 is 0 Å². The van der Waals surface area contributed by atoms with E-state index in [2.05, 4.69) is 11.2 Å². The SMILES string of the molecule is Fc1ccc(-c2c[c]ncc2)cc1F. The first-order valence-corrected chi connectivity index (χ1v) is 4.05. The van der Waals surface area contributed by atoms with Gasteiger partial charge in [0.05, 0.1) is 6.20 Å². The first kappa shape index (κ1) is 8.81. The van der Waals surface area contributed by atoms with Crippen molar-refractivity contribution in [1.82, 2.24) is 4.98 Å². The normalized spacial score (nSPS) is 10.1. The van der Waals surface area contributed by atoms with Gasteiger partial charge in [0.1, 0.15) is 0 Å². The van der Waals surface area contributed by atoms with E-state index in [1.54, 1.807) is 18.3 Å². The van der Waals surface area contributed by atoms with Crippen molar-refractivity contribution in [3.63, 3.8) is 0 Å². The summed E-state index contributed by atoms with van der Waals surface area (Å²) in [7, 11) is 0. The topological polar surface area (TPSA) is 12.9 Å². The van der Waals surface area contributed by atoms with Gasteiger partial charge in [0, 0.05) is 6.20 Å². The number of hydrogen-bond acceptors (Lipinski definition) is 1. The van der Waals surface area contributed by atoms with Crippen molar-refractivity contribution in [2.75, 3.05) is 0 Å². The molecule has 1 heterocycles. The lowest BCUT2D eigenvalue weighted by molar-refractivity contribution is 0.509. The highest BCUT2D eigenvalue weighted by Crippen LogP contribution is 2.20. The van der Waals surface area contributed by atoms with Crippen molar-refractivity contribution in [1.29, 1.82) is 0 Å². The molecule has 0 aliphatic heterocycles. The van der Waals surface area contributed by atoms with Gasteiger partial charge in [0.15, 0.2) is 11.6 Å². The molecule has 0 fully saturated rings. The minimum absolute atomic E-state index is 0.613. The van der Waals surface area contributed by atoms with Crippen LogP contribution in [0.25, 0.3) is 11.1 Å². The van der Waals surface area contributed by atoms with Crippen LogP contribution in [0.1, 0.15) is 0 Å². The van der Waals surface area contributed by atoms with Gasteiger partial charge < -0.3 is 0 Å². The molecule has 3 heteroatoms. The zero-order valence-corrected chi connectivity index (χ0v) is 7.17. The largest absolute Gasteiger partial charge is 0.255 e. The maximum Gasteiger partial charge on any atom is 0.159 e. The Hall–Kier alpha value is -1.77. The van der Waals surface area contributed by atoms with Gasteiger partial charge in [-0.05, 0) is 35.4 Å². The van der Waals surface area contributed by atoms with Crippen LogP contribution in [0, 0.1) is 17.8 Å². The van der Waals surface area contributed by atoms with E-state index < -0.39 is 11.6 Å². The molecule has 0 saturated heterocycles. The quantitative estimate of drug-likeness (QED) is 0.673. The average molecular weight is 190 g/mol. The summed E-state index contributed by atoms with van der Waals surface area (Å²) in [6.07, 6.45) is 4.18. The number of pyridine rings is 1. The molecule has 69 valence electrons. The Balaban J connectivity index is 2.48. The van der Waals surface area contributed by atoms with Crippen LogP contribution in [-0.2, 0) is 0 Å². The second-order valence-corrected chi connectivity index (χ2v) is 2.80. The fourth-order valence-electron chi connectivity index (χ4n) is 1.17. The van der Waals surface area contributed by atoms with Crippen LogP contribution in [0.5, 0.6) is 0 Å². The van der Waals surface area contributed by atoms with Crippen molar-refractivity contribution in [2.24, 2.45) is 0 Å². The van der Waals surface area contributed by atoms with Crippen LogP contribution in [0.2, 0.25) is 0 Å². The average Bonchev–Trinajstić information content (AvgIpc) is 2.23. The maximum absolute atomic E-state index is 12.9. The molecular weight excluding hydrogens is 184 g/mol. The Morgan fingerprint density at radius 1 is 1.00 bits per heavy atom. The second-order valence-electron chi connectivity index (χ2n) is 2.80. The molecule has 0 unspecified atom stereocenters. The lowest BCUT2D eigenvalue weighted by Gasteiger charge is -2.00. The van der Waals surface area contributed by atoms with E-state index in [4.69, 9.17) is 0 Å². The van der Waals surface area contributed by atoms with E-state index in [9.17, 15) is 8.78 Å². The molecule has 2 aromatic rings. The zero-order valence-electron chi connectivity index (χ0n) is 7.17. The predicted molar refractivity (Wildman–Crippen MR) is 48.4 cm³/mol. The van der Waals surface area contributed by atoms with E-state index >= 15 is 0 Å². The van der Waals surface area contributed by atoms with Crippen molar-refractivity contribution in [3.05, 3.63) is 54.4 Å². The highest BCUT2D eigenvalue weighted by atomic mass is 19.2. The first-order valence-electron chi connectivity index (χ1n) is 4.05. The van der Waals surface area contributed by atoms with Gasteiger partial charge in [0.25, 0.3) is 0 Å². The van der Waals surface area contributed by atoms with E-state index in [0.29, 0.717) is 5.56 Å². The number of hydrogen-bond donors (Lipinski definition) is 0. The summed E-state index contributed by atoms with van der Waals surface area (Å²) in [5, 5.41) is 0. The van der Waals surface area contributed by atoms with Gasteiger partial charge in [0.2, 0.25) is 0 Å². The molecule has 14 heavy (non-hydrogen) atoms. The smallest absolute Gasteiger partial charge is 0.159 e. The van der Waals surface area contributed by atoms with Crippen LogP contribution in [0.15, 0.2) is 36.5 Å². The summed E-state index contributed by atoms with van der Waals surface area (Å²) in [5.41, 5.74) is 1.38. The molecule has 0 amide bonds. The van der Waals surface area contributed by atoms with Gasteiger partial charge in [-0.2, -0.15) is 0 Å². The minimum Gasteiger partial charge on any atom is -0.255 e. The molecule has 0 spiro atoms. The molecule has 0 N–H and O–H groups in total. The predicted octanol–water partition coefficient (Wildman–Crippen LogP) is 2.83. The first-order chi connectivity index (χ1) is 6.77. The van der Waals surface area contributed by atoms with Gasteiger partial charge in [-0.15, -0.1) is 0 Å². The lowest BCUT2D eigenvalue weighted by atomic mass is 10.1. The third kappa shape index (κ3) is 1.62. The van der Waals surface area contributed by atoms with E-state index in [0.717, 1.165) is 17.7 Å². The molecule has 1 aromatic carbocycles. The summed E-state index contributed by atoms with van der Waals surface area (Å²) in [4.78, 5) is 3.72. The zero-order chi connectivity index (χ0) is 9.97. The van der Waals surface area contributed by atoms with Crippen LogP contribution in [0.3, 0.4) is 0 Å². The maximum atomic E-state index is 12.9. The molecular formula is C11H6F2N. The molecule has 2 rings (SSSR count). The number of halogens is 2. The summed E-state index contributed by atoms with van der Waals surface area (Å²) in [6.45, 7) is 0. The number of nitrogens with zero attached hydrogens (tertiary/aromatic N) is 1. The van der Waals surface area contributed by atoms with Crippen LogP contribution >= 0.6 is 0 Å². The van der Waals surface area contributed by atoms with Crippen molar-refractivity contribution in [3.8, 4) is 11.1 Å². The highest BCUT2D eigenvalue weighted by molar-refractivity contribution is 5.62. The molecule has 1 radical (unpaired) electrons. The van der Waals surface area contributed by atoms with Crippen LogP contribution in [-0.4, -0.2) is 4.98 Å². The Bertz CT molecular complexity index is 440. The number of benzene rings is 1. The Morgan fingerprint density at radius 2 is 1.86 bits per heavy atom. The van der Waals surface area contributed by atoms with E-state index in [1.165, 1.54) is 6.07 Å². The van der Waals surface area contributed by atoms with E-state index in [-0.39, 0.29) is 0 Å². The summed E-state index contributed by atoms with van der Waals surface area (Å²) >= 11 is 0. The van der Waals surface area contributed by atoms with E-state index in [1.807, 2.05) is 0 Å². The Morgan fingerprint density at radius 3 is 2.50 bits per heavy atom. The molecule has 0 atom stereocenters. The third-order valence-electron chi connectivity index (χ3n) is 1.88. The van der Waals surface area contributed by atoms with Crippen LogP contribution in [0.4, 0.5) is 8.78 Å². The summed E-state index contributed by atoms with van der Waals surface area (Å²) in [6, 6.07) is 7.10. The molecule has 1 nitrogen and oxygen atoms in total. The third-order valence-corrected chi connectivity index (χ3v) is 1.88.